The maximum Gasteiger partial charge on any atom is 0.261 e. The zero-order valence-corrected chi connectivity index (χ0v) is 14.5. The highest BCUT2D eigenvalue weighted by Gasteiger charge is 2.16. The molecule has 5 nitrogen and oxygen atoms in total. The summed E-state index contributed by atoms with van der Waals surface area (Å²) in [7, 11) is -3.71. The smallest absolute Gasteiger partial charge is 0.261 e. The monoisotopic (exact) mass is 342 g/mol. The van der Waals surface area contributed by atoms with Crippen molar-refractivity contribution >= 4 is 26.6 Å². The molecule has 0 unspecified atom stereocenters. The summed E-state index contributed by atoms with van der Waals surface area (Å²) in [6.45, 7) is 5.55. The molecule has 6 heteroatoms. The van der Waals surface area contributed by atoms with E-state index in [2.05, 4.69) is 9.71 Å². The normalized spacial score (nSPS) is 11.6. The lowest BCUT2D eigenvalue weighted by Crippen LogP contribution is -2.14. The van der Waals surface area contributed by atoms with Gasteiger partial charge in [0.15, 0.2) is 0 Å². The van der Waals surface area contributed by atoms with Crippen LogP contribution >= 0.6 is 0 Å². The minimum absolute atomic E-state index is 0.158. The average Bonchev–Trinajstić information content (AvgIpc) is 2.50. The molecule has 3 aromatic rings. The summed E-state index contributed by atoms with van der Waals surface area (Å²) in [5, 5.41) is 0.707. The quantitative estimate of drug-likeness (QED) is 0.767. The van der Waals surface area contributed by atoms with Crippen molar-refractivity contribution in [3.8, 4) is 0 Å². The van der Waals surface area contributed by atoms with Gasteiger partial charge in [-0.05, 0) is 61.7 Å². The molecule has 0 saturated carbocycles. The fourth-order valence-corrected chi connectivity index (χ4v) is 3.77. The molecule has 0 fully saturated rings. The lowest BCUT2D eigenvalue weighted by atomic mass is 10.1. The average molecular weight is 342 g/mol. The first kappa shape index (κ1) is 16.3. The largest absolute Gasteiger partial charge is 0.322 e. The Morgan fingerprint density at radius 3 is 2.42 bits per heavy atom. The second-order valence-electron chi connectivity index (χ2n) is 5.95. The molecular weight excluding hydrogens is 324 g/mol. The topological polar surface area (TPSA) is 79.0 Å². The number of fused-ring (bicyclic) bond motifs is 1. The standard InChI is InChI=1S/C18H18N2O3S/c1-11-4-5-12(2)17(8-11)20-24(22,23)14-6-7-16-15(10-14)13(3)9-18(21)19-16/h4-10,20H,1-3H3,(H,19,21). The van der Waals surface area contributed by atoms with Crippen LogP contribution in [0.3, 0.4) is 0 Å². The van der Waals surface area contributed by atoms with E-state index in [0.717, 1.165) is 16.7 Å². The van der Waals surface area contributed by atoms with Crippen LogP contribution in [0.1, 0.15) is 16.7 Å². The zero-order chi connectivity index (χ0) is 17.5. The Balaban J connectivity index is 2.08. The molecule has 1 heterocycles. The van der Waals surface area contributed by atoms with Crippen molar-refractivity contribution in [3.05, 3.63) is 69.5 Å². The van der Waals surface area contributed by atoms with Gasteiger partial charge < -0.3 is 4.98 Å². The number of benzene rings is 2. The molecule has 124 valence electrons. The first-order valence-electron chi connectivity index (χ1n) is 7.50. The Labute approximate surface area is 140 Å². The number of rotatable bonds is 3. The molecule has 3 rings (SSSR count). The minimum atomic E-state index is -3.71. The van der Waals surface area contributed by atoms with Gasteiger partial charge in [-0.1, -0.05) is 12.1 Å². The number of aromatic nitrogens is 1. The molecular formula is C18H18N2O3S. The van der Waals surface area contributed by atoms with Crippen molar-refractivity contribution in [2.75, 3.05) is 4.72 Å². The number of sulfonamides is 1. The van der Waals surface area contributed by atoms with Crippen LogP contribution in [0.15, 0.2) is 52.2 Å². The van der Waals surface area contributed by atoms with Crippen molar-refractivity contribution in [1.82, 2.24) is 4.98 Å². The van der Waals surface area contributed by atoms with Gasteiger partial charge >= 0.3 is 0 Å². The van der Waals surface area contributed by atoms with Crippen LogP contribution in [0, 0.1) is 20.8 Å². The summed E-state index contributed by atoms with van der Waals surface area (Å²) in [5.74, 6) is 0. The van der Waals surface area contributed by atoms with E-state index in [1.54, 1.807) is 25.1 Å². The molecule has 0 radical (unpaired) electrons. The molecule has 1 aromatic heterocycles. The summed E-state index contributed by atoms with van der Waals surface area (Å²) in [4.78, 5) is 14.4. The van der Waals surface area contributed by atoms with Gasteiger partial charge in [0.1, 0.15) is 0 Å². The first-order chi connectivity index (χ1) is 11.3. The highest BCUT2D eigenvalue weighted by Crippen LogP contribution is 2.24. The van der Waals surface area contributed by atoms with E-state index in [1.807, 2.05) is 26.0 Å². The third-order valence-electron chi connectivity index (χ3n) is 3.97. The molecule has 0 amide bonds. The number of anilines is 1. The van der Waals surface area contributed by atoms with Gasteiger partial charge in [0.05, 0.1) is 10.6 Å². The van der Waals surface area contributed by atoms with Crippen LogP contribution in [0.2, 0.25) is 0 Å². The second kappa shape index (κ2) is 5.79. The van der Waals surface area contributed by atoms with Crippen LogP contribution in [-0.4, -0.2) is 13.4 Å². The molecule has 0 atom stereocenters. The van der Waals surface area contributed by atoms with E-state index in [0.29, 0.717) is 16.6 Å². The predicted molar refractivity (Wildman–Crippen MR) is 96.0 cm³/mol. The number of H-pyrrole nitrogens is 1. The highest BCUT2D eigenvalue weighted by molar-refractivity contribution is 7.92. The van der Waals surface area contributed by atoms with E-state index in [-0.39, 0.29) is 10.5 Å². The summed E-state index contributed by atoms with van der Waals surface area (Å²) in [6.07, 6.45) is 0. The number of aryl methyl sites for hydroxylation is 3. The third-order valence-corrected chi connectivity index (χ3v) is 5.33. The molecule has 2 aromatic carbocycles. The van der Waals surface area contributed by atoms with E-state index in [9.17, 15) is 13.2 Å². The number of aromatic amines is 1. The van der Waals surface area contributed by atoms with Crippen LogP contribution in [-0.2, 0) is 10.0 Å². The summed E-state index contributed by atoms with van der Waals surface area (Å²) in [6, 6.07) is 11.7. The van der Waals surface area contributed by atoms with E-state index in [1.165, 1.54) is 12.1 Å². The fourth-order valence-electron chi connectivity index (χ4n) is 2.62. The zero-order valence-electron chi connectivity index (χ0n) is 13.7. The van der Waals surface area contributed by atoms with E-state index < -0.39 is 10.0 Å². The molecule has 0 saturated heterocycles. The van der Waals surface area contributed by atoms with Crippen molar-refractivity contribution in [1.29, 1.82) is 0 Å². The van der Waals surface area contributed by atoms with Gasteiger partial charge in [0.2, 0.25) is 5.56 Å². The summed E-state index contributed by atoms with van der Waals surface area (Å²) >= 11 is 0. The molecule has 0 aliphatic carbocycles. The van der Waals surface area contributed by atoms with Crippen LogP contribution in [0.5, 0.6) is 0 Å². The molecule has 2 N–H and O–H groups in total. The van der Waals surface area contributed by atoms with Crippen LogP contribution < -0.4 is 10.3 Å². The summed E-state index contributed by atoms with van der Waals surface area (Å²) < 4.78 is 28.0. The molecule has 0 spiro atoms. The Hall–Kier alpha value is -2.60. The van der Waals surface area contributed by atoms with Crippen molar-refractivity contribution < 1.29 is 8.42 Å². The number of nitrogens with one attached hydrogen (secondary N) is 2. The van der Waals surface area contributed by atoms with Crippen LogP contribution in [0.4, 0.5) is 5.69 Å². The van der Waals surface area contributed by atoms with Crippen molar-refractivity contribution in [3.63, 3.8) is 0 Å². The second-order valence-corrected chi connectivity index (χ2v) is 7.63. The fraction of sp³-hybridized carbons (Fsp3) is 0.167. The Morgan fingerprint density at radius 1 is 0.917 bits per heavy atom. The molecule has 24 heavy (non-hydrogen) atoms. The predicted octanol–water partition coefficient (Wildman–Crippen LogP) is 3.25. The first-order valence-corrected chi connectivity index (χ1v) is 8.98. The number of hydrogen-bond acceptors (Lipinski definition) is 3. The van der Waals surface area contributed by atoms with Crippen molar-refractivity contribution in [2.24, 2.45) is 0 Å². The highest BCUT2D eigenvalue weighted by atomic mass is 32.2. The van der Waals surface area contributed by atoms with Crippen LogP contribution in [0.25, 0.3) is 10.9 Å². The van der Waals surface area contributed by atoms with Gasteiger partial charge in [0, 0.05) is 17.0 Å². The SMILES string of the molecule is Cc1ccc(C)c(NS(=O)(=O)c2ccc3[nH]c(=O)cc(C)c3c2)c1. The molecule has 0 aliphatic heterocycles. The lowest BCUT2D eigenvalue weighted by Gasteiger charge is -2.12. The maximum absolute atomic E-state index is 12.7. The van der Waals surface area contributed by atoms with E-state index >= 15 is 0 Å². The van der Waals surface area contributed by atoms with E-state index in [4.69, 9.17) is 0 Å². The van der Waals surface area contributed by atoms with Gasteiger partial charge in [-0.25, -0.2) is 8.42 Å². The minimum Gasteiger partial charge on any atom is -0.322 e. The number of pyridine rings is 1. The van der Waals surface area contributed by atoms with Gasteiger partial charge in [-0.3, -0.25) is 9.52 Å². The van der Waals surface area contributed by atoms with Gasteiger partial charge in [-0.2, -0.15) is 0 Å². The molecule has 0 bridgehead atoms. The Kier molecular flexibility index (Phi) is 3.93. The van der Waals surface area contributed by atoms with Gasteiger partial charge in [-0.15, -0.1) is 0 Å². The number of hydrogen-bond donors (Lipinski definition) is 2. The summed E-state index contributed by atoms with van der Waals surface area (Å²) in [5.41, 5.74) is 3.54. The van der Waals surface area contributed by atoms with Crippen molar-refractivity contribution in [2.45, 2.75) is 25.7 Å². The lowest BCUT2D eigenvalue weighted by molar-refractivity contribution is 0.601. The maximum atomic E-state index is 12.7. The van der Waals surface area contributed by atoms with Gasteiger partial charge in [0.25, 0.3) is 10.0 Å². The Morgan fingerprint density at radius 2 is 1.67 bits per heavy atom. The Bertz CT molecular complexity index is 1100. The third kappa shape index (κ3) is 3.05. The molecule has 0 aliphatic rings.